The molecule has 5 nitrogen and oxygen atoms in total. The van der Waals surface area contributed by atoms with Crippen molar-refractivity contribution < 1.29 is 0 Å². The second-order valence-corrected chi connectivity index (χ2v) is 23.1. The third-order valence-electron chi connectivity index (χ3n) is 18.1. The summed E-state index contributed by atoms with van der Waals surface area (Å²) >= 11 is 1.93. The number of fused-ring (bicyclic) bond motifs is 12. The molecule has 0 unspecified atom stereocenters. The zero-order valence-corrected chi connectivity index (χ0v) is 37.5. The molecule has 65 heavy (non-hydrogen) atoms. The minimum Gasteiger partial charge on any atom is -0.309 e. The highest BCUT2D eigenvalue weighted by atomic mass is 32.1. The minimum absolute atomic E-state index is 0.101. The monoisotopic (exact) mass is 861 g/mol. The molecule has 0 aliphatic heterocycles. The standard InChI is InChI=1S/C59H51N5S/c1-2-12-41(13-3-1)63-46-18-7-5-16-44(46)50-49-43-15-4-8-19-47(43)64(52(49)51-45-17-6-9-20-48(45)65-54(51)53(50)63)42-14-10-11-40(27-42)55-60-56(58-28-34-21-35(29-58)23-36(22-34)30-58)62-57(61-55)59-31-37-24-38(32-59)26-39(25-37)33-59/h1-20,27,34-39H,21-26,28-33H2. The van der Waals surface area contributed by atoms with Gasteiger partial charge in [-0.25, -0.2) is 15.0 Å². The molecule has 6 heteroatoms. The Hall–Kier alpha value is -5.85. The Labute approximate surface area is 382 Å². The molecule has 4 heterocycles. The summed E-state index contributed by atoms with van der Waals surface area (Å²) in [5.41, 5.74) is 8.68. The van der Waals surface area contributed by atoms with Gasteiger partial charge in [0.2, 0.25) is 0 Å². The predicted octanol–water partition coefficient (Wildman–Crippen LogP) is 15.0. The van der Waals surface area contributed by atoms with Gasteiger partial charge in [-0.05, 0) is 155 Å². The highest BCUT2D eigenvalue weighted by Gasteiger charge is 2.56. The number of hydrogen-bond donors (Lipinski definition) is 0. The SMILES string of the molecule is c1ccc(-n2c3ccccc3c3c4c5ccccc5n(-c5cccc(-c6nc(C78CC9CC(CC(C9)C7)C8)nc(C78CC9CC(CC(C9)C7)C8)n6)c5)c4c4c5ccccc5sc4c32)cc1. The lowest BCUT2D eigenvalue weighted by atomic mass is 9.49. The number of rotatable bonds is 5. The Bertz CT molecular complexity index is 3510. The molecule has 0 amide bonds. The molecule has 8 saturated carbocycles. The predicted molar refractivity (Wildman–Crippen MR) is 267 cm³/mol. The van der Waals surface area contributed by atoms with Gasteiger partial charge in [0.25, 0.3) is 0 Å². The molecule has 10 aromatic rings. The van der Waals surface area contributed by atoms with Crippen LogP contribution in [-0.2, 0) is 10.8 Å². The van der Waals surface area contributed by atoms with Gasteiger partial charge in [-0.2, -0.15) is 0 Å². The minimum atomic E-state index is 0.101. The number of benzene rings is 6. The first-order chi connectivity index (χ1) is 32.0. The molecule has 4 aromatic heterocycles. The summed E-state index contributed by atoms with van der Waals surface area (Å²) in [6.07, 6.45) is 16.1. The maximum atomic E-state index is 5.80. The molecule has 6 aromatic carbocycles. The Morgan fingerprint density at radius 1 is 0.431 bits per heavy atom. The van der Waals surface area contributed by atoms with Gasteiger partial charge in [-0.3, -0.25) is 0 Å². The van der Waals surface area contributed by atoms with Gasteiger partial charge in [0.05, 0.1) is 26.8 Å². The first-order valence-electron chi connectivity index (χ1n) is 24.8. The van der Waals surface area contributed by atoms with E-state index in [4.69, 9.17) is 15.0 Å². The molecular formula is C59H51N5S. The van der Waals surface area contributed by atoms with Gasteiger partial charge in [-0.15, -0.1) is 11.3 Å². The Morgan fingerprint density at radius 3 is 1.49 bits per heavy atom. The number of nitrogens with zero attached hydrogens (tertiary/aromatic N) is 5. The smallest absolute Gasteiger partial charge is 0.163 e. The molecule has 8 bridgehead atoms. The quantitative estimate of drug-likeness (QED) is 0.173. The normalized spacial score (nSPS) is 28.9. The van der Waals surface area contributed by atoms with Gasteiger partial charge in [-0.1, -0.05) is 84.9 Å². The molecule has 0 atom stereocenters. The van der Waals surface area contributed by atoms with E-state index in [0.29, 0.717) is 0 Å². The molecule has 0 radical (unpaired) electrons. The molecule has 8 aliphatic rings. The van der Waals surface area contributed by atoms with Crippen molar-refractivity contribution in [3.8, 4) is 22.8 Å². The van der Waals surface area contributed by atoms with Crippen LogP contribution in [0.25, 0.3) is 86.5 Å². The van der Waals surface area contributed by atoms with E-state index < -0.39 is 0 Å². The van der Waals surface area contributed by atoms with Gasteiger partial charge in [0.1, 0.15) is 11.6 Å². The highest BCUT2D eigenvalue weighted by molar-refractivity contribution is 7.27. The van der Waals surface area contributed by atoms with Crippen molar-refractivity contribution in [2.45, 2.75) is 87.9 Å². The van der Waals surface area contributed by atoms with Gasteiger partial charge in [0, 0.05) is 64.8 Å². The van der Waals surface area contributed by atoms with Crippen molar-refractivity contribution >= 4 is 75.1 Å². The van der Waals surface area contributed by atoms with E-state index >= 15 is 0 Å². The second-order valence-electron chi connectivity index (χ2n) is 22.0. The summed E-state index contributed by atoms with van der Waals surface area (Å²) in [5.74, 6) is 8.21. The summed E-state index contributed by atoms with van der Waals surface area (Å²) < 4.78 is 7.75. The summed E-state index contributed by atoms with van der Waals surface area (Å²) in [4.78, 5) is 17.2. The van der Waals surface area contributed by atoms with Crippen LogP contribution in [0.2, 0.25) is 0 Å². The molecule has 0 saturated heterocycles. The van der Waals surface area contributed by atoms with Crippen molar-refractivity contribution in [3.63, 3.8) is 0 Å². The van der Waals surface area contributed by atoms with E-state index in [2.05, 4.69) is 137 Å². The van der Waals surface area contributed by atoms with Crippen LogP contribution in [-0.4, -0.2) is 24.1 Å². The molecule has 8 aliphatic carbocycles. The van der Waals surface area contributed by atoms with E-state index in [9.17, 15) is 0 Å². The van der Waals surface area contributed by atoms with Gasteiger partial charge >= 0.3 is 0 Å². The molecular weight excluding hydrogens is 811 g/mol. The second kappa shape index (κ2) is 12.9. The van der Waals surface area contributed by atoms with Crippen LogP contribution in [0.1, 0.15) is 88.7 Å². The molecule has 0 spiro atoms. The Morgan fingerprint density at radius 2 is 0.908 bits per heavy atom. The number of thiophene rings is 1. The van der Waals surface area contributed by atoms with Crippen molar-refractivity contribution in [2.75, 3.05) is 0 Å². The highest BCUT2D eigenvalue weighted by Crippen LogP contribution is 2.63. The third-order valence-corrected chi connectivity index (χ3v) is 19.3. The van der Waals surface area contributed by atoms with Crippen LogP contribution >= 0.6 is 11.3 Å². The van der Waals surface area contributed by atoms with E-state index in [0.717, 1.165) is 64.2 Å². The van der Waals surface area contributed by atoms with Crippen LogP contribution in [0.5, 0.6) is 0 Å². The molecule has 8 fully saturated rings. The zero-order chi connectivity index (χ0) is 42.2. The first-order valence-corrected chi connectivity index (χ1v) is 25.6. The van der Waals surface area contributed by atoms with Crippen molar-refractivity contribution in [2.24, 2.45) is 35.5 Å². The Kier molecular flexibility index (Phi) is 7.24. The topological polar surface area (TPSA) is 48.5 Å². The van der Waals surface area contributed by atoms with Crippen molar-refractivity contribution in [1.29, 1.82) is 0 Å². The molecule has 0 N–H and O–H groups in total. The summed E-state index contributed by atoms with van der Waals surface area (Å²) in [7, 11) is 0. The fourth-order valence-electron chi connectivity index (χ4n) is 16.5. The average molecular weight is 862 g/mol. The van der Waals surface area contributed by atoms with Crippen LogP contribution in [0.15, 0.2) is 127 Å². The van der Waals surface area contributed by atoms with Crippen LogP contribution in [0, 0.1) is 35.5 Å². The summed E-state index contributed by atoms with van der Waals surface area (Å²) in [6.45, 7) is 0. The van der Waals surface area contributed by atoms with Gasteiger partial charge in [0.15, 0.2) is 5.82 Å². The van der Waals surface area contributed by atoms with Crippen LogP contribution in [0.4, 0.5) is 0 Å². The lowest BCUT2D eigenvalue weighted by Crippen LogP contribution is -2.51. The average Bonchev–Trinajstić information content (AvgIpc) is 3.99. The summed E-state index contributed by atoms with van der Waals surface area (Å²) in [6, 6.07) is 47.5. The number of hydrogen-bond acceptors (Lipinski definition) is 4. The lowest BCUT2D eigenvalue weighted by Gasteiger charge is -2.57. The number of para-hydroxylation sites is 3. The first kappa shape index (κ1) is 36.4. The molecule has 318 valence electrons. The lowest BCUT2D eigenvalue weighted by molar-refractivity contribution is -0.0155. The van der Waals surface area contributed by atoms with E-state index in [1.807, 2.05) is 11.3 Å². The number of aromatic nitrogens is 5. The fourth-order valence-corrected chi connectivity index (χ4v) is 17.8. The van der Waals surface area contributed by atoms with Crippen LogP contribution in [0.3, 0.4) is 0 Å². The van der Waals surface area contributed by atoms with Crippen LogP contribution < -0.4 is 0 Å². The van der Waals surface area contributed by atoms with Gasteiger partial charge < -0.3 is 9.13 Å². The van der Waals surface area contributed by atoms with E-state index in [1.165, 1.54) is 147 Å². The summed E-state index contributed by atoms with van der Waals surface area (Å²) in [5, 5.41) is 7.83. The van der Waals surface area contributed by atoms with E-state index in [-0.39, 0.29) is 10.8 Å². The maximum Gasteiger partial charge on any atom is 0.163 e. The largest absolute Gasteiger partial charge is 0.309 e. The fraction of sp³-hybridized carbons (Fsp3) is 0.339. The molecule has 18 rings (SSSR count). The maximum absolute atomic E-state index is 5.80. The zero-order valence-electron chi connectivity index (χ0n) is 36.7. The third kappa shape index (κ3) is 5.02. The van der Waals surface area contributed by atoms with E-state index in [1.54, 1.807) is 0 Å². The van der Waals surface area contributed by atoms with Crippen molar-refractivity contribution in [1.82, 2.24) is 24.1 Å². The Balaban J connectivity index is 0.972. The van der Waals surface area contributed by atoms with Crippen molar-refractivity contribution in [3.05, 3.63) is 139 Å².